The number of nitrogens with zero attached hydrogens (tertiary/aromatic N) is 4. The topological polar surface area (TPSA) is 97.7 Å². The van der Waals surface area contributed by atoms with Gasteiger partial charge in [0.1, 0.15) is 12.1 Å². The lowest BCUT2D eigenvalue weighted by Crippen LogP contribution is -2.45. The van der Waals surface area contributed by atoms with Crippen LogP contribution in [0.15, 0.2) is 24.7 Å². The first-order chi connectivity index (χ1) is 13.2. The summed E-state index contributed by atoms with van der Waals surface area (Å²) in [5.41, 5.74) is 2.87. The van der Waals surface area contributed by atoms with Crippen molar-refractivity contribution in [2.45, 2.75) is 32.2 Å². The molecule has 2 N–H and O–H groups in total. The lowest BCUT2D eigenvalue weighted by molar-refractivity contribution is -0.131. The number of H-pyrrole nitrogens is 1. The molecule has 3 aromatic heterocycles. The third kappa shape index (κ3) is 3.51. The number of thiazole rings is 1. The number of carbonyl (C=O) groups is 1. The van der Waals surface area contributed by atoms with E-state index in [1.54, 1.807) is 16.2 Å². The Labute approximate surface area is 161 Å². The molecule has 0 saturated carbocycles. The quantitative estimate of drug-likeness (QED) is 0.724. The van der Waals surface area contributed by atoms with E-state index in [4.69, 9.17) is 5.26 Å². The van der Waals surface area contributed by atoms with Crippen molar-refractivity contribution < 1.29 is 4.79 Å². The van der Waals surface area contributed by atoms with E-state index in [0.717, 1.165) is 51.6 Å². The Morgan fingerprint density at radius 3 is 3.15 bits per heavy atom. The number of fused-ring (bicyclic) bond motifs is 1. The van der Waals surface area contributed by atoms with Crippen LogP contribution < -0.4 is 5.32 Å². The molecule has 3 aromatic rings. The number of likely N-dealkylation sites (tertiary alicyclic amines) is 1. The van der Waals surface area contributed by atoms with Crippen LogP contribution in [0.1, 0.15) is 24.3 Å². The number of nitrogens with one attached hydrogen (secondary N) is 2. The molecule has 0 aliphatic carbocycles. The number of aromatic nitrogens is 3. The predicted octanol–water partition coefficient (Wildman–Crippen LogP) is 3.31. The Hall–Kier alpha value is -2.92. The van der Waals surface area contributed by atoms with E-state index >= 15 is 0 Å². The summed E-state index contributed by atoms with van der Waals surface area (Å²) in [5.74, 6) is -0.0937. The number of rotatable bonds is 4. The number of aryl methyl sites for hydroxylation is 1. The van der Waals surface area contributed by atoms with Gasteiger partial charge in [-0.1, -0.05) is 0 Å². The summed E-state index contributed by atoms with van der Waals surface area (Å²) in [5, 5.41) is 14.5. The van der Waals surface area contributed by atoms with E-state index < -0.39 is 0 Å². The maximum Gasteiger partial charge on any atom is 0.236 e. The van der Waals surface area contributed by atoms with Crippen LogP contribution in [-0.4, -0.2) is 44.9 Å². The molecule has 1 fully saturated rings. The lowest BCUT2D eigenvalue weighted by Gasteiger charge is -2.33. The number of piperidine rings is 1. The van der Waals surface area contributed by atoms with Gasteiger partial charge in [-0.25, -0.2) is 9.97 Å². The fourth-order valence-corrected chi connectivity index (χ4v) is 4.33. The average Bonchev–Trinajstić information content (AvgIpc) is 3.31. The van der Waals surface area contributed by atoms with Crippen LogP contribution in [0.25, 0.3) is 21.5 Å². The highest BCUT2D eigenvalue weighted by molar-refractivity contribution is 7.15. The number of hydrogen-bond acceptors (Lipinski definition) is 6. The second kappa shape index (κ2) is 7.37. The third-order valence-corrected chi connectivity index (χ3v) is 5.77. The monoisotopic (exact) mass is 380 g/mol. The SMILES string of the molecule is Cc1ncc(-c2cnc3[nH]ccc3c2N[C@@H]2CCCN(C(=O)CC#N)C2)s1. The zero-order valence-electron chi connectivity index (χ0n) is 15.0. The molecule has 0 unspecified atom stereocenters. The van der Waals surface area contributed by atoms with Crippen LogP contribution >= 0.6 is 11.3 Å². The number of carbonyl (C=O) groups excluding carboxylic acids is 1. The van der Waals surface area contributed by atoms with E-state index in [0.29, 0.717) is 6.54 Å². The zero-order chi connectivity index (χ0) is 18.8. The molecule has 1 aliphatic rings. The van der Waals surface area contributed by atoms with Crippen molar-refractivity contribution in [3.8, 4) is 16.5 Å². The van der Waals surface area contributed by atoms with Gasteiger partial charge in [0.15, 0.2) is 0 Å². The normalized spacial score (nSPS) is 17.0. The number of nitriles is 1. The summed E-state index contributed by atoms with van der Waals surface area (Å²) < 4.78 is 0. The highest BCUT2D eigenvalue weighted by Gasteiger charge is 2.25. The average molecular weight is 380 g/mol. The molecule has 138 valence electrons. The van der Waals surface area contributed by atoms with Gasteiger partial charge in [0.2, 0.25) is 5.91 Å². The van der Waals surface area contributed by atoms with Gasteiger partial charge in [0.05, 0.1) is 21.6 Å². The second-order valence-corrected chi connectivity index (χ2v) is 7.92. The van der Waals surface area contributed by atoms with Gasteiger partial charge in [-0.15, -0.1) is 11.3 Å². The van der Waals surface area contributed by atoms with Crippen molar-refractivity contribution in [1.82, 2.24) is 19.9 Å². The van der Waals surface area contributed by atoms with Gasteiger partial charge in [0.25, 0.3) is 0 Å². The lowest BCUT2D eigenvalue weighted by atomic mass is 10.0. The summed E-state index contributed by atoms with van der Waals surface area (Å²) in [6.45, 7) is 3.31. The van der Waals surface area contributed by atoms with Crippen molar-refractivity contribution in [3.05, 3.63) is 29.7 Å². The van der Waals surface area contributed by atoms with E-state index in [1.807, 2.05) is 37.6 Å². The van der Waals surface area contributed by atoms with Crippen molar-refractivity contribution in [3.63, 3.8) is 0 Å². The molecule has 0 bridgehead atoms. The molecule has 27 heavy (non-hydrogen) atoms. The first-order valence-corrected chi connectivity index (χ1v) is 9.77. The molecule has 1 atom stereocenters. The molecule has 1 amide bonds. The minimum absolute atomic E-state index is 0.0601. The van der Waals surface area contributed by atoms with Crippen LogP contribution in [0, 0.1) is 18.3 Å². The molecule has 1 saturated heterocycles. The fourth-order valence-electron chi connectivity index (χ4n) is 3.54. The van der Waals surface area contributed by atoms with Gasteiger partial charge in [0, 0.05) is 48.7 Å². The molecular formula is C19H20N6OS. The summed E-state index contributed by atoms with van der Waals surface area (Å²) in [6, 6.07) is 4.10. The highest BCUT2D eigenvalue weighted by atomic mass is 32.1. The molecule has 8 heteroatoms. The second-order valence-electron chi connectivity index (χ2n) is 6.69. The molecule has 4 heterocycles. The molecule has 1 aliphatic heterocycles. The number of amides is 1. The Balaban J connectivity index is 1.65. The number of pyridine rings is 1. The van der Waals surface area contributed by atoms with Gasteiger partial charge >= 0.3 is 0 Å². The van der Waals surface area contributed by atoms with Gasteiger partial charge in [-0.2, -0.15) is 5.26 Å². The summed E-state index contributed by atoms with van der Waals surface area (Å²) in [7, 11) is 0. The summed E-state index contributed by atoms with van der Waals surface area (Å²) >= 11 is 1.64. The Kier molecular flexibility index (Phi) is 4.77. The smallest absolute Gasteiger partial charge is 0.236 e. The first kappa shape index (κ1) is 17.5. The summed E-state index contributed by atoms with van der Waals surface area (Å²) in [4.78, 5) is 27.0. The van der Waals surface area contributed by atoms with Crippen LogP contribution in [0.5, 0.6) is 0 Å². The van der Waals surface area contributed by atoms with Crippen molar-refractivity contribution in [1.29, 1.82) is 5.26 Å². The number of aromatic amines is 1. The van der Waals surface area contributed by atoms with Crippen LogP contribution in [0.2, 0.25) is 0 Å². The summed E-state index contributed by atoms with van der Waals surface area (Å²) in [6.07, 6.45) is 7.47. The van der Waals surface area contributed by atoms with E-state index in [2.05, 4.69) is 20.3 Å². The van der Waals surface area contributed by atoms with Gasteiger partial charge in [-0.3, -0.25) is 4.79 Å². The Morgan fingerprint density at radius 1 is 1.48 bits per heavy atom. The molecule has 4 rings (SSSR count). The molecule has 0 radical (unpaired) electrons. The Morgan fingerprint density at radius 2 is 2.37 bits per heavy atom. The molecular weight excluding hydrogens is 360 g/mol. The van der Waals surface area contributed by atoms with Gasteiger partial charge in [-0.05, 0) is 25.8 Å². The van der Waals surface area contributed by atoms with Crippen molar-refractivity contribution in [2.24, 2.45) is 0 Å². The van der Waals surface area contributed by atoms with Gasteiger partial charge < -0.3 is 15.2 Å². The van der Waals surface area contributed by atoms with E-state index in [-0.39, 0.29) is 18.4 Å². The van der Waals surface area contributed by atoms with Crippen LogP contribution in [0.4, 0.5) is 5.69 Å². The molecule has 0 aromatic carbocycles. The number of anilines is 1. The third-order valence-electron chi connectivity index (χ3n) is 4.83. The minimum Gasteiger partial charge on any atom is -0.379 e. The van der Waals surface area contributed by atoms with E-state index in [1.165, 1.54) is 0 Å². The highest BCUT2D eigenvalue weighted by Crippen LogP contribution is 2.37. The maximum absolute atomic E-state index is 12.1. The minimum atomic E-state index is -0.0937. The molecule has 0 spiro atoms. The van der Waals surface area contributed by atoms with Crippen molar-refractivity contribution >= 4 is 34.0 Å². The largest absolute Gasteiger partial charge is 0.379 e. The first-order valence-electron chi connectivity index (χ1n) is 8.96. The van der Waals surface area contributed by atoms with Crippen molar-refractivity contribution in [2.75, 3.05) is 18.4 Å². The zero-order valence-corrected chi connectivity index (χ0v) is 15.8. The number of hydrogen-bond donors (Lipinski definition) is 2. The predicted molar refractivity (Wildman–Crippen MR) is 105 cm³/mol. The van der Waals surface area contributed by atoms with Crippen LogP contribution in [0.3, 0.4) is 0 Å². The maximum atomic E-state index is 12.1. The standard InChI is InChI=1S/C19H20N6OS/c1-12-22-10-16(27-12)15-9-23-19-14(5-7-21-19)18(15)24-13-3-2-8-25(11-13)17(26)4-6-20/h5,7,9-10,13H,2-4,8,11H2,1H3,(H2,21,23,24)/t13-/m1/s1. The Bertz CT molecular complexity index is 1020. The molecule has 7 nitrogen and oxygen atoms in total. The van der Waals surface area contributed by atoms with Crippen LogP contribution in [-0.2, 0) is 4.79 Å². The fraction of sp³-hybridized carbons (Fsp3) is 0.368. The van der Waals surface area contributed by atoms with E-state index in [9.17, 15) is 4.79 Å².